The maximum absolute atomic E-state index is 12.7. The van der Waals surface area contributed by atoms with E-state index in [0.29, 0.717) is 24.1 Å². The number of ether oxygens (including phenoxy) is 1. The molecule has 0 N–H and O–H groups in total. The van der Waals surface area contributed by atoms with Crippen LogP contribution in [0.2, 0.25) is 0 Å². The molecule has 7 heteroatoms. The zero-order valence-corrected chi connectivity index (χ0v) is 14.1. The van der Waals surface area contributed by atoms with Crippen molar-refractivity contribution in [3.63, 3.8) is 0 Å². The third-order valence-corrected chi connectivity index (χ3v) is 5.22. The molecule has 1 aliphatic heterocycles. The molecule has 132 valence electrons. The molecule has 7 nitrogen and oxygen atoms in total. The van der Waals surface area contributed by atoms with Gasteiger partial charge in [-0.05, 0) is 25.0 Å². The highest BCUT2D eigenvalue weighted by Gasteiger charge is 2.36. The van der Waals surface area contributed by atoms with Crippen molar-refractivity contribution < 1.29 is 9.53 Å². The average Bonchev–Trinajstić information content (AvgIpc) is 2.67. The number of amides is 1. The van der Waals surface area contributed by atoms with Gasteiger partial charge in [-0.1, -0.05) is 30.2 Å². The lowest BCUT2D eigenvalue weighted by atomic mass is 9.90. The van der Waals surface area contributed by atoms with Gasteiger partial charge in [-0.15, -0.1) is 5.10 Å². The molecule has 2 aliphatic rings. The van der Waals surface area contributed by atoms with E-state index in [9.17, 15) is 9.59 Å². The minimum atomic E-state index is -0.198. The molecule has 1 aliphatic carbocycles. The van der Waals surface area contributed by atoms with Gasteiger partial charge in [0.25, 0.3) is 5.56 Å². The molecule has 1 saturated heterocycles. The summed E-state index contributed by atoms with van der Waals surface area (Å²) < 4.78 is 7.11. The minimum absolute atomic E-state index is 0.0714. The Labute approximate surface area is 145 Å². The van der Waals surface area contributed by atoms with Gasteiger partial charge in [-0.3, -0.25) is 9.59 Å². The van der Waals surface area contributed by atoms with Crippen LogP contribution in [0, 0.1) is 0 Å². The van der Waals surface area contributed by atoms with E-state index in [0.717, 1.165) is 19.3 Å². The molecule has 0 unspecified atom stereocenters. The number of aryl methyl sites for hydroxylation is 1. The summed E-state index contributed by atoms with van der Waals surface area (Å²) in [6, 6.07) is 7.31. The Bertz CT molecular complexity index is 832. The first-order valence-corrected chi connectivity index (χ1v) is 8.97. The van der Waals surface area contributed by atoms with Crippen LogP contribution in [-0.4, -0.2) is 51.1 Å². The van der Waals surface area contributed by atoms with Gasteiger partial charge in [-0.2, -0.15) is 0 Å². The predicted molar refractivity (Wildman–Crippen MR) is 92.1 cm³/mol. The van der Waals surface area contributed by atoms with Gasteiger partial charge in [0, 0.05) is 13.0 Å². The minimum Gasteiger partial charge on any atom is -0.374 e. The summed E-state index contributed by atoms with van der Waals surface area (Å²) in [4.78, 5) is 27.1. The van der Waals surface area contributed by atoms with E-state index in [4.69, 9.17) is 4.74 Å². The molecular formula is C18H22N4O3. The number of fused-ring (bicyclic) bond motifs is 2. The molecule has 0 spiro atoms. The lowest BCUT2D eigenvalue weighted by Gasteiger charge is -2.43. The lowest BCUT2D eigenvalue weighted by molar-refractivity contribution is -0.149. The summed E-state index contributed by atoms with van der Waals surface area (Å²) in [6.07, 6.45) is 4.79. The number of rotatable bonds is 3. The van der Waals surface area contributed by atoms with Crippen LogP contribution in [0.1, 0.15) is 32.1 Å². The zero-order valence-electron chi connectivity index (χ0n) is 14.1. The zero-order chi connectivity index (χ0) is 17.2. The first kappa shape index (κ1) is 16.2. The summed E-state index contributed by atoms with van der Waals surface area (Å²) >= 11 is 0. The number of hydrogen-bond donors (Lipinski definition) is 0. The molecular weight excluding hydrogens is 320 g/mol. The highest BCUT2D eigenvalue weighted by Crippen LogP contribution is 2.28. The van der Waals surface area contributed by atoms with Gasteiger partial charge in [0.2, 0.25) is 5.91 Å². The van der Waals surface area contributed by atoms with Crippen LogP contribution in [0.4, 0.5) is 0 Å². The van der Waals surface area contributed by atoms with Crippen molar-refractivity contribution in [2.45, 2.75) is 50.8 Å². The quantitative estimate of drug-likeness (QED) is 0.841. The Kier molecular flexibility index (Phi) is 4.48. The van der Waals surface area contributed by atoms with Gasteiger partial charge in [0.1, 0.15) is 5.52 Å². The van der Waals surface area contributed by atoms with Crippen molar-refractivity contribution >= 4 is 16.8 Å². The fourth-order valence-corrected chi connectivity index (χ4v) is 3.92. The van der Waals surface area contributed by atoms with Crippen molar-refractivity contribution in [2.24, 2.45) is 0 Å². The second-order valence-electron chi connectivity index (χ2n) is 6.73. The highest BCUT2D eigenvalue weighted by molar-refractivity contribution is 5.77. The fraction of sp³-hybridized carbons (Fsp3) is 0.556. The topological polar surface area (TPSA) is 77.3 Å². The van der Waals surface area contributed by atoms with E-state index in [1.54, 1.807) is 18.2 Å². The Balaban J connectivity index is 1.46. The predicted octanol–water partition coefficient (Wildman–Crippen LogP) is 1.35. The van der Waals surface area contributed by atoms with Crippen LogP contribution in [-0.2, 0) is 16.1 Å². The van der Waals surface area contributed by atoms with E-state index in [-0.39, 0.29) is 36.6 Å². The summed E-state index contributed by atoms with van der Waals surface area (Å²) in [5.41, 5.74) is 0.379. The molecule has 0 radical (unpaired) electrons. The van der Waals surface area contributed by atoms with Gasteiger partial charge in [-0.25, -0.2) is 4.68 Å². The maximum atomic E-state index is 12.7. The Hall–Kier alpha value is -2.28. The molecule has 2 fully saturated rings. The summed E-state index contributed by atoms with van der Waals surface area (Å²) in [7, 11) is 0. The molecule has 25 heavy (non-hydrogen) atoms. The molecule has 0 bridgehead atoms. The van der Waals surface area contributed by atoms with Crippen molar-refractivity contribution in [1.29, 1.82) is 0 Å². The van der Waals surface area contributed by atoms with E-state index in [1.165, 1.54) is 11.1 Å². The van der Waals surface area contributed by atoms with E-state index < -0.39 is 0 Å². The number of nitrogens with zero attached hydrogens (tertiary/aromatic N) is 4. The third-order valence-electron chi connectivity index (χ3n) is 5.22. The SMILES string of the molecule is O=C(CCn1nnc2ccccc2c1=O)N1CCO[C@H]2CCCC[C@@H]21. The first-order chi connectivity index (χ1) is 12.2. The van der Waals surface area contributed by atoms with Crippen LogP contribution >= 0.6 is 0 Å². The Morgan fingerprint density at radius 1 is 1.24 bits per heavy atom. The van der Waals surface area contributed by atoms with Crippen molar-refractivity contribution in [1.82, 2.24) is 19.9 Å². The number of carbonyl (C=O) groups excluding carboxylic acids is 1. The molecule has 1 saturated carbocycles. The molecule has 1 aromatic heterocycles. The molecule has 1 aromatic carbocycles. The van der Waals surface area contributed by atoms with Crippen molar-refractivity contribution in [3.8, 4) is 0 Å². The normalized spacial score (nSPS) is 23.4. The van der Waals surface area contributed by atoms with Crippen LogP contribution in [0.15, 0.2) is 29.1 Å². The van der Waals surface area contributed by atoms with Gasteiger partial charge >= 0.3 is 0 Å². The fourth-order valence-electron chi connectivity index (χ4n) is 3.92. The van der Waals surface area contributed by atoms with E-state index in [2.05, 4.69) is 10.3 Å². The highest BCUT2D eigenvalue weighted by atomic mass is 16.5. The van der Waals surface area contributed by atoms with Crippen LogP contribution < -0.4 is 5.56 Å². The largest absolute Gasteiger partial charge is 0.374 e. The number of hydrogen-bond acceptors (Lipinski definition) is 5. The third kappa shape index (κ3) is 3.16. The summed E-state index contributed by atoms with van der Waals surface area (Å²) in [6.45, 7) is 1.49. The second-order valence-corrected chi connectivity index (χ2v) is 6.73. The molecule has 2 aromatic rings. The molecule has 4 rings (SSSR count). The van der Waals surface area contributed by atoms with Crippen molar-refractivity contribution in [2.75, 3.05) is 13.2 Å². The number of aromatic nitrogens is 3. The smallest absolute Gasteiger partial charge is 0.277 e. The standard InChI is InChI=1S/C18H22N4O3/c23-17(21-11-12-25-16-8-4-3-7-15(16)21)9-10-22-18(24)13-5-1-2-6-14(13)19-20-22/h1-2,5-6,15-16H,3-4,7-12H2/t15-,16-/m0/s1. The molecule has 1 amide bonds. The number of benzene rings is 1. The van der Waals surface area contributed by atoms with Gasteiger partial charge in [0.05, 0.1) is 30.7 Å². The molecule has 2 heterocycles. The molecule has 2 atom stereocenters. The van der Waals surface area contributed by atoms with Gasteiger partial charge < -0.3 is 9.64 Å². The van der Waals surface area contributed by atoms with Crippen LogP contribution in [0.3, 0.4) is 0 Å². The van der Waals surface area contributed by atoms with E-state index in [1.807, 2.05) is 11.0 Å². The Morgan fingerprint density at radius 3 is 3.00 bits per heavy atom. The number of morpholine rings is 1. The monoisotopic (exact) mass is 342 g/mol. The summed E-state index contributed by atoms with van der Waals surface area (Å²) in [5, 5.41) is 8.56. The average molecular weight is 342 g/mol. The van der Waals surface area contributed by atoms with Crippen LogP contribution in [0.5, 0.6) is 0 Å². The van der Waals surface area contributed by atoms with E-state index >= 15 is 0 Å². The lowest BCUT2D eigenvalue weighted by Crippen LogP contribution is -2.55. The van der Waals surface area contributed by atoms with Crippen molar-refractivity contribution in [3.05, 3.63) is 34.6 Å². The van der Waals surface area contributed by atoms with Crippen LogP contribution in [0.25, 0.3) is 10.9 Å². The maximum Gasteiger partial charge on any atom is 0.277 e. The first-order valence-electron chi connectivity index (χ1n) is 8.97. The number of carbonyl (C=O) groups is 1. The summed E-state index contributed by atoms with van der Waals surface area (Å²) in [5.74, 6) is 0.0714. The second kappa shape index (κ2) is 6.92. The van der Waals surface area contributed by atoms with Gasteiger partial charge in [0.15, 0.2) is 0 Å². The Morgan fingerprint density at radius 2 is 2.08 bits per heavy atom.